The first kappa shape index (κ1) is 25.6. The number of piperidine rings is 1. The molecule has 10 nitrogen and oxygen atoms in total. The van der Waals surface area contributed by atoms with E-state index in [0.29, 0.717) is 44.0 Å². The van der Waals surface area contributed by atoms with Crippen LogP contribution in [0.2, 0.25) is 0 Å². The summed E-state index contributed by atoms with van der Waals surface area (Å²) in [5.74, 6) is -0.503. The number of amides is 2. The van der Waals surface area contributed by atoms with Gasteiger partial charge in [-0.3, -0.25) is 14.7 Å². The number of likely N-dealkylation sites (tertiary alicyclic amines) is 1. The molecule has 1 aliphatic carbocycles. The van der Waals surface area contributed by atoms with Crippen molar-refractivity contribution in [3.05, 3.63) is 29.8 Å². The number of hydrogen-bond donors (Lipinski definition) is 2. The number of nitrogens with zero attached hydrogens (tertiary/aromatic N) is 4. The number of ether oxygens (including phenoxy) is 2. The molecule has 3 atom stereocenters. The van der Waals surface area contributed by atoms with Crippen molar-refractivity contribution in [1.29, 1.82) is 0 Å². The second-order valence-electron chi connectivity index (χ2n) is 10.7. The molecule has 5 rings (SSSR count). The third-order valence-corrected chi connectivity index (χ3v) is 8.02. The maximum absolute atomic E-state index is 14.3. The largest absolute Gasteiger partial charge is 0.481 e. The van der Waals surface area contributed by atoms with Crippen molar-refractivity contribution in [2.24, 2.45) is 5.92 Å². The first-order valence-corrected chi connectivity index (χ1v) is 12.9. The van der Waals surface area contributed by atoms with E-state index in [1.54, 1.807) is 6.07 Å². The number of likely N-dealkylation sites (N-methyl/N-ethyl adjacent to an activating group) is 1. The molecule has 0 radical (unpaired) electrons. The van der Waals surface area contributed by atoms with Gasteiger partial charge < -0.3 is 24.6 Å². The summed E-state index contributed by atoms with van der Waals surface area (Å²) in [5, 5.41) is 10.2. The van der Waals surface area contributed by atoms with Gasteiger partial charge in [-0.05, 0) is 58.7 Å². The molecule has 0 bridgehead atoms. The van der Waals surface area contributed by atoms with Gasteiger partial charge in [-0.2, -0.15) is 5.10 Å². The zero-order chi connectivity index (χ0) is 26.2. The number of carbonyl (C=O) groups is 2. The Balaban J connectivity index is 1.23. The van der Waals surface area contributed by atoms with E-state index in [4.69, 9.17) is 9.47 Å². The number of H-pyrrole nitrogens is 1. The average Bonchev–Trinajstić information content (AvgIpc) is 3.54. The third kappa shape index (κ3) is 5.33. The minimum absolute atomic E-state index is 0.0775. The van der Waals surface area contributed by atoms with Gasteiger partial charge in [-0.15, -0.1) is 0 Å². The van der Waals surface area contributed by atoms with E-state index in [1.807, 2.05) is 19.0 Å². The zero-order valence-corrected chi connectivity index (χ0v) is 21.6. The minimum atomic E-state index is -0.547. The smallest absolute Gasteiger partial charge is 0.272 e. The highest BCUT2D eigenvalue weighted by Gasteiger charge is 2.54. The number of hydrogen-bond acceptors (Lipinski definition) is 7. The fourth-order valence-electron chi connectivity index (χ4n) is 5.56. The lowest BCUT2D eigenvalue weighted by Crippen LogP contribution is -2.52. The molecule has 37 heavy (non-hydrogen) atoms. The molecule has 2 amide bonds. The van der Waals surface area contributed by atoms with Crippen molar-refractivity contribution in [2.45, 2.75) is 56.1 Å². The fourth-order valence-corrected chi connectivity index (χ4v) is 5.56. The van der Waals surface area contributed by atoms with Gasteiger partial charge in [-0.1, -0.05) is 0 Å². The lowest BCUT2D eigenvalue weighted by Gasteiger charge is -2.40. The molecule has 2 N–H and O–H groups in total. The summed E-state index contributed by atoms with van der Waals surface area (Å²) in [6, 6.07) is 3.38. The molecule has 200 valence electrons. The van der Waals surface area contributed by atoms with Crippen LogP contribution in [0.15, 0.2) is 18.3 Å². The highest BCUT2D eigenvalue weighted by atomic mass is 19.1. The molecular weight excluding hydrogens is 479 g/mol. The zero-order valence-electron chi connectivity index (χ0n) is 21.6. The van der Waals surface area contributed by atoms with Gasteiger partial charge >= 0.3 is 0 Å². The number of halogens is 1. The van der Waals surface area contributed by atoms with Crippen molar-refractivity contribution in [3.63, 3.8) is 0 Å². The number of nitrogens with one attached hydrogen (secondary N) is 2. The van der Waals surface area contributed by atoms with Crippen molar-refractivity contribution in [2.75, 3.05) is 41.0 Å². The molecule has 2 aromatic heterocycles. The van der Waals surface area contributed by atoms with Crippen molar-refractivity contribution in [1.82, 2.24) is 30.3 Å². The Morgan fingerprint density at radius 3 is 2.84 bits per heavy atom. The van der Waals surface area contributed by atoms with Crippen LogP contribution in [-0.2, 0) is 9.53 Å². The van der Waals surface area contributed by atoms with Gasteiger partial charge in [0.2, 0.25) is 11.8 Å². The van der Waals surface area contributed by atoms with E-state index in [0.717, 1.165) is 31.9 Å². The van der Waals surface area contributed by atoms with Gasteiger partial charge in [0.25, 0.3) is 5.91 Å². The predicted molar refractivity (Wildman–Crippen MR) is 134 cm³/mol. The number of methoxy groups -OCH3 is 1. The van der Waals surface area contributed by atoms with E-state index in [9.17, 15) is 14.0 Å². The second-order valence-corrected chi connectivity index (χ2v) is 10.7. The Morgan fingerprint density at radius 1 is 1.30 bits per heavy atom. The molecule has 3 aliphatic rings. The van der Waals surface area contributed by atoms with Gasteiger partial charge in [-0.25, -0.2) is 9.37 Å². The van der Waals surface area contributed by atoms with Crippen LogP contribution in [0.4, 0.5) is 4.39 Å². The Morgan fingerprint density at radius 2 is 2.11 bits per heavy atom. The monoisotopic (exact) mass is 514 g/mol. The number of carbonyl (C=O) groups excluding carboxylic acids is 2. The Labute approximate surface area is 215 Å². The summed E-state index contributed by atoms with van der Waals surface area (Å²) < 4.78 is 25.2. The number of pyridine rings is 1. The molecule has 3 fully saturated rings. The maximum atomic E-state index is 14.3. The summed E-state index contributed by atoms with van der Waals surface area (Å²) >= 11 is 0. The number of rotatable bonds is 6. The van der Waals surface area contributed by atoms with Gasteiger partial charge in [0.1, 0.15) is 5.69 Å². The molecule has 11 heteroatoms. The average molecular weight is 515 g/mol. The molecule has 0 aromatic carbocycles. The highest BCUT2D eigenvalue weighted by molar-refractivity contribution is 5.94. The van der Waals surface area contributed by atoms with Crippen LogP contribution in [0.1, 0.15) is 49.0 Å². The summed E-state index contributed by atoms with van der Waals surface area (Å²) in [6.45, 7) is 1.82. The summed E-state index contributed by atoms with van der Waals surface area (Å²) in [6.07, 6.45) is 5.76. The third-order valence-electron chi connectivity index (χ3n) is 8.02. The standard InChI is InChI=1S/C26H35FN6O4/c1-32(2)18-10-17(5-9-37-15-18)29-24(34)16-4-8-33(26(13-16)6-7-26)25(35)22-12-21(30-31-22)19-11-23(36-3)28-14-20(19)27/h11-12,14,16-18H,4-10,13,15H2,1-3H3,(H,29,34)(H,30,31)/t16-,17-,18-/m0/s1. The Hall–Kier alpha value is -3.05. The van der Waals surface area contributed by atoms with Gasteiger partial charge in [0.05, 0.1) is 25.6 Å². The molecule has 1 saturated carbocycles. The first-order chi connectivity index (χ1) is 17.8. The molecule has 0 unspecified atom stereocenters. The minimum Gasteiger partial charge on any atom is -0.481 e. The van der Waals surface area contributed by atoms with Crippen molar-refractivity contribution in [3.8, 4) is 17.1 Å². The molecule has 2 aliphatic heterocycles. The maximum Gasteiger partial charge on any atom is 0.272 e. The Kier molecular flexibility index (Phi) is 7.17. The fraction of sp³-hybridized carbons (Fsp3) is 0.615. The van der Waals surface area contributed by atoms with Crippen LogP contribution >= 0.6 is 0 Å². The van der Waals surface area contributed by atoms with Crippen LogP contribution in [-0.4, -0.2) is 95.4 Å². The summed E-state index contributed by atoms with van der Waals surface area (Å²) in [5.41, 5.74) is 0.516. The van der Waals surface area contributed by atoms with E-state index >= 15 is 0 Å². The van der Waals surface area contributed by atoms with Crippen LogP contribution < -0.4 is 10.1 Å². The van der Waals surface area contributed by atoms with Crippen LogP contribution in [0, 0.1) is 11.7 Å². The quantitative estimate of drug-likeness (QED) is 0.608. The molecule has 1 spiro atoms. The lowest BCUT2D eigenvalue weighted by molar-refractivity contribution is -0.128. The second kappa shape index (κ2) is 10.4. The number of aromatic nitrogens is 3. The van der Waals surface area contributed by atoms with Crippen LogP contribution in [0.3, 0.4) is 0 Å². The van der Waals surface area contributed by atoms with Crippen LogP contribution in [0.5, 0.6) is 5.88 Å². The summed E-state index contributed by atoms with van der Waals surface area (Å²) in [7, 11) is 5.53. The van der Waals surface area contributed by atoms with Gasteiger partial charge in [0.15, 0.2) is 5.82 Å². The van der Waals surface area contributed by atoms with E-state index in [-0.39, 0.29) is 46.8 Å². The molecule has 2 saturated heterocycles. The van der Waals surface area contributed by atoms with E-state index in [2.05, 4.69) is 25.4 Å². The first-order valence-electron chi connectivity index (χ1n) is 12.9. The lowest BCUT2D eigenvalue weighted by atomic mass is 9.87. The topological polar surface area (TPSA) is 113 Å². The number of aromatic amines is 1. The van der Waals surface area contributed by atoms with E-state index < -0.39 is 5.82 Å². The van der Waals surface area contributed by atoms with Gasteiger partial charge in [0, 0.05) is 48.3 Å². The Bertz CT molecular complexity index is 1150. The van der Waals surface area contributed by atoms with E-state index in [1.165, 1.54) is 13.2 Å². The molecule has 4 heterocycles. The highest BCUT2D eigenvalue weighted by Crippen LogP contribution is 2.50. The summed E-state index contributed by atoms with van der Waals surface area (Å²) in [4.78, 5) is 34.5. The normalized spacial score (nSPS) is 25.1. The predicted octanol–water partition coefficient (Wildman–Crippen LogP) is 2.23. The SMILES string of the molecule is COc1cc(-c2cc(C(=O)N3CC[C@H](C(=O)N[C@H]4CCOC[C@@H](N(C)C)C4)CC34CC4)[nH]n2)c(F)cn1. The van der Waals surface area contributed by atoms with Crippen molar-refractivity contribution >= 4 is 11.8 Å². The van der Waals surface area contributed by atoms with Crippen LogP contribution in [0.25, 0.3) is 11.3 Å². The van der Waals surface area contributed by atoms with Crippen molar-refractivity contribution < 1.29 is 23.5 Å². The molecule has 2 aromatic rings. The molecular formula is C26H35FN6O4.